The van der Waals surface area contributed by atoms with Crippen molar-refractivity contribution in [2.24, 2.45) is 5.92 Å². The molecule has 1 aliphatic carbocycles. The summed E-state index contributed by atoms with van der Waals surface area (Å²) in [4.78, 5) is 0. The summed E-state index contributed by atoms with van der Waals surface area (Å²) >= 11 is 0. The number of fused-ring (bicyclic) bond motifs is 1. The molecule has 20 heavy (non-hydrogen) atoms. The van der Waals surface area contributed by atoms with Gasteiger partial charge in [0.15, 0.2) is 0 Å². The van der Waals surface area contributed by atoms with Crippen LogP contribution in [0.5, 0.6) is 0 Å². The summed E-state index contributed by atoms with van der Waals surface area (Å²) in [6.45, 7) is 5.32. The van der Waals surface area contributed by atoms with Gasteiger partial charge in [-0.3, -0.25) is 0 Å². The van der Waals surface area contributed by atoms with Gasteiger partial charge in [-0.1, -0.05) is 25.1 Å². The Morgan fingerprint density at radius 3 is 2.85 bits per heavy atom. The van der Waals surface area contributed by atoms with E-state index in [-0.39, 0.29) is 0 Å². The van der Waals surface area contributed by atoms with Gasteiger partial charge in [0, 0.05) is 19.3 Å². The third-order valence-corrected chi connectivity index (χ3v) is 4.81. The van der Waals surface area contributed by atoms with Crippen LogP contribution in [0, 0.1) is 5.92 Å². The third-order valence-electron chi connectivity index (χ3n) is 4.81. The second-order valence-corrected chi connectivity index (χ2v) is 6.54. The lowest BCUT2D eigenvalue weighted by Crippen LogP contribution is -2.35. The zero-order chi connectivity index (χ0) is 13.8. The number of benzene rings is 1. The van der Waals surface area contributed by atoms with E-state index in [1.807, 2.05) is 0 Å². The topological polar surface area (TPSA) is 21.3 Å². The van der Waals surface area contributed by atoms with Gasteiger partial charge in [0.2, 0.25) is 0 Å². The van der Waals surface area contributed by atoms with Crippen LogP contribution in [0.3, 0.4) is 0 Å². The van der Waals surface area contributed by atoms with Crippen molar-refractivity contribution in [3.63, 3.8) is 0 Å². The van der Waals surface area contributed by atoms with E-state index in [1.54, 1.807) is 11.1 Å². The third kappa shape index (κ3) is 3.62. The molecule has 0 aromatic heterocycles. The summed E-state index contributed by atoms with van der Waals surface area (Å²) in [7, 11) is 0. The summed E-state index contributed by atoms with van der Waals surface area (Å²) in [6, 6.07) is 7.83. The number of nitrogens with one attached hydrogen (secondary N) is 1. The van der Waals surface area contributed by atoms with Gasteiger partial charge in [-0.05, 0) is 67.7 Å². The fraction of sp³-hybridized carbons (Fsp3) is 0.667. The molecule has 1 unspecified atom stereocenters. The molecule has 0 radical (unpaired) electrons. The molecule has 1 saturated heterocycles. The van der Waals surface area contributed by atoms with Crippen molar-refractivity contribution in [3.8, 4) is 0 Å². The lowest BCUT2D eigenvalue weighted by atomic mass is 9.84. The van der Waals surface area contributed by atoms with Gasteiger partial charge in [-0.15, -0.1) is 0 Å². The van der Waals surface area contributed by atoms with Crippen LogP contribution in [0.15, 0.2) is 18.2 Å². The van der Waals surface area contributed by atoms with Crippen LogP contribution in [-0.4, -0.2) is 25.8 Å². The zero-order valence-corrected chi connectivity index (χ0v) is 12.7. The molecule has 3 rings (SSSR count). The van der Waals surface area contributed by atoms with Crippen LogP contribution < -0.4 is 5.32 Å². The van der Waals surface area contributed by atoms with E-state index >= 15 is 0 Å². The van der Waals surface area contributed by atoms with Gasteiger partial charge >= 0.3 is 0 Å². The van der Waals surface area contributed by atoms with E-state index in [0.29, 0.717) is 6.04 Å². The molecule has 1 aromatic rings. The predicted molar refractivity (Wildman–Crippen MR) is 83.2 cm³/mol. The van der Waals surface area contributed by atoms with Crippen LogP contribution in [0.1, 0.15) is 42.9 Å². The maximum absolute atomic E-state index is 5.40. The Bertz CT molecular complexity index is 437. The van der Waals surface area contributed by atoms with Crippen molar-refractivity contribution in [1.29, 1.82) is 0 Å². The number of ether oxygens (including phenoxy) is 1. The summed E-state index contributed by atoms with van der Waals surface area (Å²) in [5, 5.41) is 3.68. The molecule has 2 heteroatoms. The first-order valence-corrected chi connectivity index (χ1v) is 8.23. The second kappa shape index (κ2) is 6.73. The summed E-state index contributed by atoms with van der Waals surface area (Å²) in [5.41, 5.74) is 4.69. The number of aryl methyl sites for hydroxylation is 1. The molecule has 0 amide bonds. The minimum absolute atomic E-state index is 0.669. The standard InChI is InChI=1S/C18H27NO/c1-14-2-4-17-13-15(3-5-16(17)12-14)6-9-19-18-7-10-20-11-8-18/h3,5,13-14,18-19H,2,4,6-12H2,1H3. The fourth-order valence-corrected chi connectivity index (χ4v) is 3.47. The number of rotatable bonds is 4. The first-order chi connectivity index (χ1) is 9.81. The highest BCUT2D eigenvalue weighted by Crippen LogP contribution is 2.26. The maximum Gasteiger partial charge on any atom is 0.0480 e. The highest BCUT2D eigenvalue weighted by atomic mass is 16.5. The van der Waals surface area contributed by atoms with E-state index in [4.69, 9.17) is 4.74 Å². The van der Waals surface area contributed by atoms with E-state index in [0.717, 1.165) is 32.1 Å². The monoisotopic (exact) mass is 273 g/mol. The molecule has 1 fully saturated rings. The van der Waals surface area contributed by atoms with E-state index in [2.05, 4.69) is 30.4 Å². The molecule has 0 saturated carbocycles. The normalized spacial score (nSPS) is 23.6. The van der Waals surface area contributed by atoms with Crippen LogP contribution in [0.2, 0.25) is 0 Å². The molecule has 110 valence electrons. The lowest BCUT2D eigenvalue weighted by molar-refractivity contribution is 0.0782. The quantitative estimate of drug-likeness (QED) is 0.910. The average molecular weight is 273 g/mol. The zero-order valence-electron chi connectivity index (χ0n) is 12.7. The van der Waals surface area contributed by atoms with Gasteiger partial charge in [-0.2, -0.15) is 0 Å². The molecule has 1 aromatic carbocycles. The molecule has 2 nitrogen and oxygen atoms in total. The molecule has 2 aliphatic rings. The molecule has 0 spiro atoms. The van der Waals surface area contributed by atoms with Crippen molar-refractivity contribution in [2.45, 2.75) is 51.5 Å². The number of hydrogen-bond donors (Lipinski definition) is 1. The lowest BCUT2D eigenvalue weighted by Gasteiger charge is -2.24. The van der Waals surface area contributed by atoms with E-state index < -0.39 is 0 Å². The van der Waals surface area contributed by atoms with Crippen LogP contribution >= 0.6 is 0 Å². The molecular weight excluding hydrogens is 246 g/mol. The first-order valence-electron chi connectivity index (χ1n) is 8.23. The Labute approximate surface area is 122 Å². The van der Waals surface area contributed by atoms with Crippen molar-refractivity contribution in [1.82, 2.24) is 5.32 Å². The van der Waals surface area contributed by atoms with Gasteiger partial charge in [-0.25, -0.2) is 0 Å². The van der Waals surface area contributed by atoms with Crippen molar-refractivity contribution >= 4 is 0 Å². The van der Waals surface area contributed by atoms with Crippen molar-refractivity contribution < 1.29 is 4.74 Å². The Morgan fingerprint density at radius 1 is 1.15 bits per heavy atom. The molecule has 1 N–H and O–H groups in total. The molecule has 1 atom stereocenters. The highest BCUT2D eigenvalue weighted by molar-refractivity contribution is 5.34. The predicted octanol–water partition coefficient (Wildman–Crippen LogP) is 3.12. The Morgan fingerprint density at radius 2 is 2.00 bits per heavy atom. The molecule has 1 heterocycles. The van der Waals surface area contributed by atoms with E-state index in [9.17, 15) is 0 Å². The average Bonchev–Trinajstić information content (AvgIpc) is 2.48. The van der Waals surface area contributed by atoms with Gasteiger partial charge < -0.3 is 10.1 Å². The maximum atomic E-state index is 5.40. The summed E-state index contributed by atoms with van der Waals surface area (Å²) in [6.07, 6.45) is 7.40. The van der Waals surface area contributed by atoms with Gasteiger partial charge in [0.05, 0.1) is 0 Å². The Balaban J connectivity index is 1.50. The van der Waals surface area contributed by atoms with Gasteiger partial charge in [0.25, 0.3) is 0 Å². The molecule has 0 bridgehead atoms. The smallest absolute Gasteiger partial charge is 0.0480 e. The van der Waals surface area contributed by atoms with Crippen molar-refractivity contribution in [3.05, 3.63) is 34.9 Å². The van der Waals surface area contributed by atoms with Crippen molar-refractivity contribution in [2.75, 3.05) is 19.8 Å². The minimum atomic E-state index is 0.669. The molecule has 1 aliphatic heterocycles. The van der Waals surface area contributed by atoms with Gasteiger partial charge in [0.1, 0.15) is 0 Å². The highest BCUT2D eigenvalue weighted by Gasteiger charge is 2.15. The number of hydrogen-bond acceptors (Lipinski definition) is 2. The van der Waals surface area contributed by atoms with Crippen LogP contribution in [0.4, 0.5) is 0 Å². The van der Waals surface area contributed by atoms with Crippen LogP contribution in [0.25, 0.3) is 0 Å². The largest absolute Gasteiger partial charge is 0.381 e. The minimum Gasteiger partial charge on any atom is -0.381 e. The summed E-state index contributed by atoms with van der Waals surface area (Å²) in [5.74, 6) is 0.864. The Kier molecular flexibility index (Phi) is 4.74. The first kappa shape index (κ1) is 14.1. The Hall–Kier alpha value is -0.860. The SMILES string of the molecule is CC1CCc2cc(CCNC3CCOCC3)ccc2C1. The second-order valence-electron chi connectivity index (χ2n) is 6.54. The fourth-order valence-electron chi connectivity index (χ4n) is 3.47. The molecular formula is C18H27NO. The van der Waals surface area contributed by atoms with Crippen LogP contribution in [-0.2, 0) is 24.0 Å². The summed E-state index contributed by atoms with van der Waals surface area (Å²) < 4.78 is 5.40. The van der Waals surface area contributed by atoms with E-state index in [1.165, 1.54) is 37.7 Å².